The maximum absolute atomic E-state index is 13.0. The van der Waals surface area contributed by atoms with Crippen molar-refractivity contribution in [3.63, 3.8) is 0 Å². The molecule has 13 nitrogen and oxygen atoms in total. The van der Waals surface area contributed by atoms with Gasteiger partial charge in [-0.05, 0) is 0 Å². The summed E-state index contributed by atoms with van der Waals surface area (Å²) in [4.78, 5) is 68.1. The van der Waals surface area contributed by atoms with E-state index in [0.29, 0.717) is 0 Å². The van der Waals surface area contributed by atoms with E-state index in [1.54, 1.807) is 13.8 Å². The van der Waals surface area contributed by atoms with Crippen LogP contribution in [0.1, 0.15) is 20.1 Å². The van der Waals surface area contributed by atoms with E-state index in [9.17, 15) is 28.4 Å². The van der Waals surface area contributed by atoms with Crippen LogP contribution in [0.15, 0.2) is 41.6 Å². The highest BCUT2D eigenvalue weighted by atomic mass is 19.1. The Morgan fingerprint density at radius 2 is 1.85 bits per heavy atom. The van der Waals surface area contributed by atoms with Gasteiger partial charge in [0.2, 0.25) is 5.83 Å². The number of hydrogen-bond acceptors (Lipinski definition) is 12. The molecule has 1 N–H and O–H groups in total. The Bertz CT molecular complexity index is 1100. The summed E-state index contributed by atoms with van der Waals surface area (Å²) in [6.07, 6.45) is -2.42. The van der Waals surface area contributed by atoms with Crippen LogP contribution in [0.5, 0.6) is 0 Å². The Labute approximate surface area is 191 Å². The smallest absolute Gasteiger partial charge is 0.366 e. The second kappa shape index (κ2) is 10.2. The third kappa shape index (κ3) is 5.64. The molecule has 0 spiro atoms. The average molecular weight is 481 g/mol. The van der Waals surface area contributed by atoms with Crippen molar-refractivity contribution < 1.29 is 47.4 Å². The molecule has 0 amide bonds. The largest absolute Gasteiger partial charge is 0.458 e. The molecule has 0 aliphatic carbocycles. The molecule has 1 fully saturated rings. The molecule has 4 atom stereocenters. The molecule has 182 valence electrons. The van der Waals surface area contributed by atoms with Crippen LogP contribution in [-0.4, -0.2) is 58.3 Å². The van der Waals surface area contributed by atoms with Crippen molar-refractivity contribution >= 4 is 29.7 Å². The Morgan fingerprint density at radius 3 is 2.44 bits per heavy atom. The Morgan fingerprint density at radius 1 is 1.21 bits per heavy atom. The zero-order valence-corrected chi connectivity index (χ0v) is 18.0. The first-order chi connectivity index (χ1) is 16.1. The van der Waals surface area contributed by atoms with Crippen molar-refractivity contribution in [2.24, 2.45) is 5.92 Å². The van der Waals surface area contributed by atoms with Crippen molar-refractivity contribution in [3.8, 4) is 0 Å². The summed E-state index contributed by atoms with van der Waals surface area (Å²) in [6.45, 7) is 5.42. The van der Waals surface area contributed by atoms with Crippen molar-refractivity contribution in [3.05, 3.63) is 47.3 Å². The van der Waals surface area contributed by atoms with Gasteiger partial charge < -0.3 is 23.8 Å². The SMILES string of the molecule is C=C(F)C(=O)OC[C@H]1O[C@@H](n2ccc(NOC(=O)C(C)C)nc2=O)[C@@H]2OC(=O)/C=C\C(=O)OC21. The topological polar surface area (TPSA) is 161 Å². The lowest BCUT2D eigenvalue weighted by atomic mass is 10.1. The minimum Gasteiger partial charge on any atom is -0.458 e. The maximum atomic E-state index is 13.0. The van der Waals surface area contributed by atoms with Gasteiger partial charge in [-0.15, -0.1) is 0 Å². The number of ether oxygens (including phenoxy) is 4. The first-order valence-electron chi connectivity index (χ1n) is 9.89. The zero-order chi connectivity index (χ0) is 25.0. The molecule has 14 heteroatoms. The number of nitrogens with zero attached hydrogens (tertiary/aromatic N) is 2. The van der Waals surface area contributed by atoms with Crippen molar-refractivity contribution in [1.82, 2.24) is 9.55 Å². The number of hydrogen-bond donors (Lipinski definition) is 1. The van der Waals surface area contributed by atoms with Gasteiger partial charge in [0.15, 0.2) is 24.3 Å². The van der Waals surface area contributed by atoms with E-state index in [2.05, 4.69) is 17.0 Å². The van der Waals surface area contributed by atoms with E-state index in [1.165, 1.54) is 12.3 Å². The lowest BCUT2D eigenvalue weighted by Gasteiger charge is -2.25. The molecule has 1 saturated heterocycles. The number of fused-ring (bicyclic) bond motifs is 1. The standard InChI is InChI=1S/C20H20FN3O10/c1-9(2)18(27)34-23-12-6-7-24(20(29)22-12)17-16-15(32-13(25)4-5-14(26)33-16)11(31-17)8-30-19(28)10(3)21/h4-7,9,11,15-17H,3,8H2,1-2H3,(H,22,23,29)/b5-4-/t11-,15?,16-,17-/m1/s1. The Balaban J connectivity index is 1.86. The van der Waals surface area contributed by atoms with Crippen LogP contribution in [0.25, 0.3) is 0 Å². The van der Waals surface area contributed by atoms with Crippen LogP contribution in [0, 0.1) is 5.92 Å². The Kier molecular flexibility index (Phi) is 7.40. The first-order valence-corrected chi connectivity index (χ1v) is 9.89. The van der Waals surface area contributed by atoms with Gasteiger partial charge in [0.25, 0.3) is 0 Å². The van der Waals surface area contributed by atoms with Crippen LogP contribution in [-0.2, 0) is 43.0 Å². The van der Waals surface area contributed by atoms with E-state index in [0.717, 1.165) is 16.7 Å². The number of halogens is 1. The van der Waals surface area contributed by atoms with Crippen LogP contribution < -0.4 is 11.2 Å². The van der Waals surface area contributed by atoms with Gasteiger partial charge in [-0.2, -0.15) is 9.37 Å². The average Bonchev–Trinajstić information content (AvgIpc) is 3.09. The summed E-state index contributed by atoms with van der Waals surface area (Å²) < 4.78 is 34.8. The molecule has 1 aromatic rings. The quantitative estimate of drug-likeness (QED) is 0.242. The fourth-order valence-electron chi connectivity index (χ4n) is 2.94. The molecule has 3 rings (SSSR count). The van der Waals surface area contributed by atoms with E-state index < -0.39 is 72.5 Å². The van der Waals surface area contributed by atoms with Crippen LogP contribution in [0.2, 0.25) is 0 Å². The molecule has 3 heterocycles. The monoisotopic (exact) mass is 481 g/mol. The number of aromatic nitrogens is 2. The lowest BCUT2D eigenvalue weighted by Crippen LogP contribution is -2.43. The second-order valence-electron chi connectivity index (χ2n) is 7.39. The Hall–Kier alpha value is -4.07. The maximum Gasteiger partial charge on any atom is 0.366 e. The number of carbonyl (C=O) groups is 4. The highest BCUT2D eigenvalue weighted by Gasteiger charge is 2.51. The molecular weight excluding hydrogens is 461 g/mol. The summed E-state index contributed by atoms with van der Waals surface area (Å²) in [5.74, 6) is -5.69. The fourth-order valence-corrected chi connectivity index (χ4v) is 2.94. The molecule has 0 saturated carbocycles. The first kappa shape index (κ1) is 24.6. The summed E-state index contributed by atoms with van der Waals surface area (Å²) >= 11 is 0. The molecule has 0 aromatic carbocycles. The van der Waals surface area contributed by atoms with Crippen molar-refractivity contribution in [2.45, 2.75) is 38.4 Å². The normalized spacial score (nSPS) is 24.7. The number of rotatable bonds is 7. The van der Waals surface area contributed by atoms with Gasteiger partial charge in [0.05, 0.1) is 5.92 Å². The van der Waals surface area contributed by atoms with Crippen LogP contribution in [0.4, 0.5) is 10.2 Å². The highest BCUT2D eigenvalue weighted by Crippen LogP contribution is 2.34. The van der Waals surface area contributed by atoms with Crippen LogP contribution >= 0.6 is 0 Å². The molecule has 1 aromatic heterocycles. The lowest BCUT2D eigenvalue weighted by molar-refractivity contribution is -0.165. The molecule has 1 unspecified atom stereocenters. The van der Waals surface area contributed by atoms with E-state index in [1.807, 2.05) is 0 Å². The minimum atomic E-state index is -1.37. The molecule has 0 bridgehead atoms. The molecular formula is C20H20FN3O10. The van der Waals surface area contributed by atoms with Gasteiger partial charge in [-0.1, -0.05) is 20.4 Å². The molecule has 34 heavy (non-hydrogen) atoms. The molecule has 2 aliphatic heterocycles. The summed E-state index contributed by atoms with van der Waals surface area (Å²) in [5.41, 5.74) is 1.33. The van der Waals surface area contributed by atoms with Gasteiger partial charge in [0.1, 0.15) is 12.7 Å². The number of nitrogens with one attached hydrogen (secondary N) is 1. The van der Waals surface area contributed by atoms with Gasteiger partial charge >= 0.3 is 29.6 Å². The van der Waals surface area contributed by atoms with Crippen LogP contribution in [0.3, 0.4) is 0 Å². The fraction of sp³-hybridized carbons (Fsp3) is 0.400. The second-order valence-corrected chi connectivity index (χ2v) is 7.39. The predicted octanol–water partition coefficient (Wildman–Crippen LogP) is 0.0866. The van der Waals surface area contributed by atoms with E-state index in [-0.39, 0.29) is 5.82 Å². The minimum absolute atomic E-state index is 0.0965. The number of esters is 3. The van der Waals surface area contributed by atoms with Crippen molar-refractivity contribution in [1.29, 1.82) is 0 Å². The van der Waals surface area contributed by atoms with E-state index >= 15 is 0 Å². The van der Waals surface area contributed by atoms with Gasteiger partial charge in [-0.25, -0.2) is 29.5 Å². The summed E-state index contributed by atoms with van der Waals surface area (Å²) in [7, 11) is 0. The van der Waals surface area contributed by atoms with E-state index in [4.69, 9.17) is 23.8 Å². The third-order valence-electron chi connectivity index (χ3n) is 4.58. The van der Waals surface area contributed by atoms with Gasteiger partial charge in [-0.3, -0.25) is 4.57 Å². The zero-order valence-electron chi connectivity index (χ0n) is 18.0. The van der Waals surface area contributed by atoms with Crippen molar-refractivity contribution in [2.75, 3.05) is 12.1 Å². The number of anilines is 1. The molecule has 0 radical (unpaired) electrons. The highest BCUT2D eigenvalue weighted by molar-refractivity contribution is 5.92. The van der Waals surface area contributed by atoms with Gasteiger partial charge in [0, 0.05) is 24.4 Å². The summed E-state index contributed by atoms with van der Waals surface area (Å²) in [5, 5.41) is 0. The number of carbonyl (C=O) groups excluding carboxylic acids is 4. The predicted molar refractivity (Wildman–Crippen MR) is 107 cm³/mol. The summed E-state index contributed by atoms with van der Waals surface area (Å²) in [6, 6.07) is 1.27. The third-order valence-corrected chi connectivity index (χ3v) is 4.58. The molecule has 2 aliphatic rings.